The maximum atomic E-state index is 11.2. The number of rotatable bonds is 4. The van der Waals surface area contributed by atoms with Crippen molar-refractivity contribution < 1.29 is 4.21 Å². The molecule has 0 spiro atoms. The second-order valence-corrected chi connectivity index (χ2v) is 4.76. The molecular weight excluding hydrogens is 210 g/mol. The molecule has 1 aromatic heterocycles. The van der Waals surface area contributed by atoms with Gasteiger partial charge in [0, 0.05) is 37.3 Å². The highest BCUT2D eigenvalue weighted by Crippen LogP contribution is 1.99. The molecule has 0 saturated heterocycles. The molecule has 0 aliphatic carbocycles. The van der Waals surface area contributed by atoms with E-state index in [2.05, 4.69) is 10.1 Å². The minimum atomic E-state index is -0.910. The summed E-state index contributed by atoms with van der Waals surface area (Å²) in [6, 6.07) is 5.61. The second kappa shape index (κ2) is 5.60. The van der Waals surface area contributed by atoms with E-state index in [1.54, 1.807) is 17.5 Å². The van der Waals surface area contributed by atoms with E-state index in [4.69, 9.17) is 0 Å². The van der Waals surface area contributed by atoms with Crippen LogP contribution in [0.1, 0.15) is 5.69 Å². The van der Waals surface area contributed by atoms with Gasteiger partial charge in [0.2, 0.25) is 0 Å². The molecule has 82 valence electrons. The fraction of sp³-hybridized carbons (Fsp3) is 0.400. The molecule has 4 nitrogen and oxygen atoms in total. The first-order valence-corrected chi connectivity index (χ1v) is 6.28. The van der Waals surface area contributed by atoms with E-state index >= 15 is 0 Å². The van der Waals surface area contributed by atoms with Crippen molar-refractivity contribution in [1.29, 1.82) is 0 Å². The first-order chi connectivity index (χ1) is 7.09. The van der Waals surface area contributed by atoms with Gasteiger partial charge in [-0.15, -0.1) is 0 Å². The summed E-state index contributed by atoms with van der Waals surface area (Å²) in [4.78, 5) is 4.19. The third-order valence-corrected chi connectivity index (χ3v) is 2.30. The number of hydrogen-bond donors (Lipinski definition) is 0. The summed E-state index contributed by atoms with van der Waals surface area (Å²) in [6.07, 6.45) is 3.37. The Bertz CT molecular complexity index is 362. The Labute approximate surface area is 92.5 Å². The van der Waals surface area contributed by atoms with Gasteiger partial charge in [0.1, 0.15) is 0 Å². The van der Waals surface area contributed by atoms with Gasteiger partial charge in [-0.2, -0.15) is 5.10 Å². The Hall–Kier alpha value is -1.23. The molecule has 1 rings (SSSR count). The topological polar surface area (TPSA) is 45.6 Å². The van der Waals surface area contributed by atoms with Gasteiger partial charge in [0.05, 0.1) is 17.2 Å². The van der Waals surface area contributed by atoms with Crippen LogP contribution in [0.3, 0.4) is 0 Å². The van der Waals surface area contributed by atoms with E-state index in [1.807, 2.05) is 32.3 Å². The van der Waals surface area contributed by atoms with Crippen LogP contribution in [0.4, 0.5) is 0 Å². The van der Waals surface area contributed by atoms with Crippen LogP contribution in [0.5, 0.6) is 0 Å². The van der Waals surface area contributed by atoms with Crippen LogP contribution in [-0.2, 0) is 10.8 Å². The average molecular weight is 225 g/mol. The van der Waals surface area contributed by atoms with Crippen molar-refractivity contribution >= 4 is 16.5 Å². The van der Waals surface area contributed by atoms with Crippen molar-refractivity contribution in [3.8, 4) is 0 Å². The Balaban J connectivity index is 2.96. The fourth-order valence-corrected chi connectivity index (χ4v) is 1.71. The first-order valence-electron chi connectivity index (χ1n) is 4.56. The van der Waals surface area contributed by atoms with Gasteiger partial charge >= 0.3 is 0 Å². The SMILES string of the molecule is CN(C)/N=C(/C[S@](C)=O)c1ccccn1. The van der Waals surface area contributed by atoms with E-state index in [-0.39, 0.29) is 0 Å². The molecule has 5 heteroatoms. The van der Waals surface area contributed by atoms with Crippen LogP contribution in [0, 0.1) is 0 Å². The van der Waals surface area contributed by atoms with Crippen molar-refractivity contribution in [3.05, 3.63) is 30.1 Å². The summed E-state index contributed by atoms with van der Waals surface area (Å²) in [5.74, 6) is 0.426. The van der Waals surface area contributed by atoms with Gasteiger partial charge in [0.15, 0.2) is 0 Å². The van der Waals surface area contributed by atoms with Crippen molar-refractivity contribution in [2.75, 3.05) is 26.1 Å². The summed E-state index contributed by atoms with van der Waals surface area (Å²) >= 11 is 0. The maximum Gasteiger partial charge on any atom is 0.0985 e. The smallest absolute Gasteiger partial charge is 0.0985 e. The molecule has 0 N–H and O–H groups in total. The van der Waals surface area contributed by atoms with E-state index in [0.717, 1.165) is 11.4 Å². The fourth-order valence-electron chi connectivity index (χ4n) is 1.12. The second-order valence-electron chi connectivity index (χ2n) is 3.33. The number of aromatic nitrogens is 1. The minimum absolute atomic E-state index is 0.426. The highest BCUT2D eigenvalue weighted by molar-refractivity contribution is 7.85. The molecule has 1 atom stereocenters. The molecule has 0 aromatic carbocycles. The van der Waals surface area contributed by atoms with Crippen LogP contribution >= 0.6 is 0 Å². The van der Waals surface area contributed by atoms with E-state index in [9.17, 15) is 4.21 Å². The van der Waals surface area contributed by atoms with Crippen molar-refractivity contribution in [2.24, 2.45) is 5.10 Å². The van der Waals surface area contributed by atoms with E-state index in [0.29, 0.717) is 5.75 Å². The molecule has 0 saturated carbocycles. The highest BCUT2D eigenvalue weighted by atomic mass is 32.2. The third-order valence-electron chi connectivity index (χ3n) is 1.62. The van der Waals surface area contributed by atoms with Crippen LogP contribution in [-0.4, -0.2) is 46.0 Å². The lowest BCUT2D eigenvalue weighted by molar-refractivity contribution is 0.437. The molecule has 0 radical (unpaired) electrons. The Morgan fingerprint density at radius 3 is 2.73 bits per heavy atom. The quantitative estimate of drug-likeness (QED) is 0.560. The summed E-state index contributed by atoms with van der Waals surface area (Å²) in [5, 5.41) is 5.97. The number of nitrogens with zero attached hydrogens (tertiary/aromatic N) is 3. The molecule has 0 aliphatic heterocycles. The number of hydrogen-bond acceptors (Lipinski definition) is 4. The average Bonchev–Trinajstić information content (AvgIpc) is 2.17. The van der Waals surface area contributed by atoms with E-state index in [1.165, 1.54) is 0 Å². The van der Waals surface area contributed by atoms with Gasteiger partial charge < -0.3 is 5.01 Å². The van der Waals surface area contributed by atoms with Crippen molar-refractivity contribution in [1.82, 2.24) is 9.99 Å². The van der Waals surface area contributed by atoms with Crippen LogP contribution < -0.4 is 0 Å². The van der Waals surface area contributed by atoms with Gasteiger partial charge in [0.25, 0.3) is 0 Å². The minimum Gasteiger partial charge on any atom is -0.303 e. The molecule has 0 bridgehead atoms. The Morgan fingerprint density at radius 2 is 2.27 bits per heavy atom. The maximum absolute atomic E-state index is 11.2. The summed E-state index contributed by atoms with van der Waals surface area (Å²) < 4.78 is 11.2. The normalized spacial score (nSPS) is 13.7. The lowest BCUT2D eigenvalue weighted by atomic mass is 10.2. The first kappa shape index (κ1) is 11.8. The molecule has 0 unspecified atom stereocenters. The largest absolute Gasteiger partial charge is 0.303 e. The number of hydrazone groups is 1. The van der Waals surface area contributed by atoms with Gasteiger partial charge in [-0.05, 0) is 12.1 Å². The molecule has 1 aromatic rings. The molecule has 0 amide bonds. The van der Waals surface area contributed by atoms with Crippen LogP contribution in [0.2, 0.25) is 0 Å². The number of pyridine rings is 1. The van der Waals surface area contributed by atoms with Gasteiger partial charge in [-0.3, -0.25) is 9.19 Å². The standard InChI is InChI=1S/C10H15N3OS/c1-13(2)12-10(8-15(3)14)9-6-4-5-7-11-9/h4-7H,8H2,1-3H3/b12-10-/t15-/m0/s1. The van der Waals surface area contributed by atoms with Crippen molar-refractivity contribution in [3.63, 3.8) is 0 Å². The van der Waals surface area contributed by atoms with Crippen molar-refractivity contribution in [2.45, 2.75) is 0 Å². The zero-order valence-corrected chi connectivity index (χ0v) is 9.99. The molecule has 0 fully saturated rings. The zero-order chi connectivity index (χ0) is 11.3. The van der Waals surface area contributed by atoms with Crippen LogP contribution in [0.25, 0.3) is 0 Å². The summed E-state index contributed by atoms with van der Waals surface area (Å²) in [6.45, 7) is 0. The third kappa shape index (κ3) is 4.20. The zero-order valence-electron chi connectivity index (χ0n) is 9.17. The predicted octanol–water partition coefficient (Wildman–Crippen LogP) is 0.726. The lowest BCUT2D eigenvalue weighted by Gasteiger charge is -2.09. The van der Waals surface area contributed by atoms with Crippen LogP contribution in [0.15, 0.2) is 29.5 Å². The highest BCUT2D eigenvalue weighted by Gasteiger charge is 2.07. The van der Waals surface area contributed by atoms with Gasteiger partial charge in [-0.25, -0.2) is 0 Å². The predicted molar refractivity (Wildman–Crippen MR) is 63.4 cm³/mol. The molecule has 15 heavy (non-hydrogen) atoms. The molecule has 0 aliphatic rings. The summed E-state index contributed by atoms with van der Waals surface area (Å²) in [7, 11) is 2.76. The Morgan fingerprint density at radius 1 is 1.53 bits per heavy atom. The Kier molecular flexibility index (Phi) is 4.42. The van der Waals surface area contributed by atoms with E-state index < -0.39 is 10.8 Å². The summed E-state index contributed by atoms with van der Waals surface area (Å²) in [5.41, 5.74) is 1.53. The van der Waals surface area contributed by atoms with Gasteiger partial charge in [-0.1, -0.05) is 6.07 Å². The lowest BCUT2D eigenvalue weighted by Crippen LogP contribution is -2.17. The molecule has 1 heterocycles. The monoisotopic (exact) mass is 225 g/mol. The molecular formula is C10H15N3OS.